The first-order valence-corrected chi connectivity index (χ1v) is 3.51. The van der Waals surface area contributed by atoms with Gasteiger partial charge in [-0.05, 0) is 18.1 Å². The number of alkyl halides is 3. The van der Waals surface area contributed by atoms with Crippen molar-refractivity contribution in [1.29, 1.82) is 0 Å². The highest BCUT2D eigenvalue weighted by Gasteiger charge is 2.32. The zero-order chi connectivity index (χ0) is 9.19. The molecule has 0 atom stereocenters. The normalized spacial score (nSPS) is 11.7. The highest BCUT2D eigenvalue weighted by molar-refractivity contribution is 5.34. The molecule has 1 rings (SSSR count). The molecule has 3 heteroatoms. The third-order valence-corrected chi connectivity index (χ3v) is 1.58. The van der Waals surface area contributed by atoms with E-state index in [1.807, 2.05) is 0 Å². The Balaban J connectivity index is 3.14. The van der Waals surface area contributed by atoms with Crippen molar-refractivity contribution < 1.29 is 13.2 Å². The molecule has 0 N–H and O–H groups in total. The fourth-order valence-electron chi connectivity index (χ4n) is 1.01. The first-order valence-electron chi connectivity index (χ1n) is 3.51. The van der Waals surface area contributed by atoms with E-state index in [0.717, 1.165) is 6.07 Å². The van der Waals surface area contributed by atoms with Gasteiger partial charge in [-0.1, -0.05) is 25.1 Å². The summed E-state index contributed by atoms with van der Waals surface area (Å²) in [7, 11) is 0. The molecule has 1 aromatic rings. The third-order valence-electron chi connectivity index (χ3n) is 1.58. The zero-order valence-corrected chi connectivity index (χ0v) is 6.52. The summed E-state index contributed by atoms with van der Waals surface area (Å²) in [4.78, 5) is 0. The lowest BCUT2D eigenvalue weighted by Crippen LogP contribution is -2.07. The van der Waals surface area contributed by atoms with Gasteiger partial charge in [0.1, 0.15) is 0 Å². The highest BCUT2D eigenvalue weighted by Crippen LogP contribution is 2.32. The molecule has 0 spiro atoms. The molecular weight excluding hydrogens is 165 g/mol. The minimum atomic E-state index is -4.25. The molecule has 0 aromatic heterocycles. The Morgan fingerprint density at radius 2 is 1.75 bits per heavy atom. The van der Waals surface area contributed by atoms with Crippen molar-refractivity contribution >= 4 is 0 Å². The van der Waals surface area contributed by atoms with Crippen LogP contribution < -0.4 is 0 Å². The smallest absolute Gasteiger partial charge is 0.166 e. The summed E-state index contributed by atoms with van der Waals surface area (Å²) in [6.07, 6.45) is -2.80. The first-order chi connectivity index (χ1) is 5.55. The molecule has 0 aliphatic rings. The van der Waals surface area contributed by atoms with Crippen molar-refractivity contribution in [2.24, 2.45) is 0 Å². The molecule has 12 heavy (non-hydrogen) atoms. The van der Waals surface area contributed by atoms with E-state index in [9.17, 15) is 13.2 Å². The van der Waals surface area contributed by atoms with Gasteiger partial charge in [-0.25, -0.2) is 0 Å². The standard InChI is InChI=1S/C9H8F3/c1-2-7-5-3-4-6-8(7)9(10,11)12/h2-6H,1H3. The van der Waals surface area contributed by atoms with Gasteiger partial charge in [0.25, 0.3) is 0 Å². The van der Waals surface area contributed by atoms with Gasteiger partial charge in [0.2, 0.25) is 0 Å². The molecule has 65 valence electrons. The molecule has 0 unspecified atom stereocenters. The molecule has 1 radical (unpaired) electrons. The summed E-state index contributed by atoms with van der Waals surface area (Å²) in [5.41, 5.74) is -0.350. The van der Waals surface area contributed by atoms with E-state index in [1.165, 1.54) is 18.6 Å². The molecule has 0 fully saturated rings. The molecule has 0 aliphatic carbocycles. The molecule has 0 bridgehead atoms. The van der Waals surface area contributed by atoms with Gasteiger partial charge in [0, 0.05) is 0 Å². The van der Waals surface area contributed by atoms with Crippen molar-refractivity contribution in [2.75, 3.05) is 0 Å². The fraction of sp³-hybridized carbons (Fsp3) is 0.222. The van der Waals surface area contributed by atoms with Crippen LogP contribution in [-0.2, 0) is 6.18 Å². The lowest BCUT2D eigenvalue weighted by molar-refractivity contribution is -0.137. The van der Waals surface area contributed by atoms with Gasteiger partial charge in [-0.3, -0.25) is 0 Å². The second-order valence-corrected chi connectivity index (χ2v) is 2.37. The number of halogens is 3. The van der Waals surface area contributed by atoms with Gasteiger partial charge in [0.05, 0.1) is 5.56 Å². The average Bonchev–Trinajstić information content (AvgIpc) is 2.03. The van der Waals surface area contributed by atoms with Crippen LogP contribution in [0.15, 0.2) is 24.3 Å². The number of hydrogen-bond donors (Lipinski definition) is 0. The Hall–Kier alpha value is -0.990. The van der Waals surface area contributed by atoms with Crippen molar-refractivity contribution in [3.63, 3.8) is 0 Å². The number of rotatable bonds is 1. The second-order valence-electron chi connectivity index (χ2n) is 2.37. The van der Waals surface area contributed by atoms with E-state index in [4.69, 9.17) is 0 Å². The summed E-state index contributed by atoms with van der Waals surface area (Å²) in [5.74, 6) is 0. The van der Waals surface area contributed by atoms with Crippen molar-refractivity contribution in [2.45, 2.75) is 13.1 Å². The van der Waals surface area contributed by atoms with E-state index in [0.29, 0.717) is 0 Å². The summed E-state index contributed by atoms with van der Waals surface area (Å²) >= 11 is 0. The Labute approximate surface area is 69.0 Å². The minimum Gasteiger partial charge on any atom is -0.166 e. The maximum absolute atomic E-state index is 12.2. The Kier molecular flexibility index (Phi) is 2.40. The van der Waals surface area contributed by atoms with Crippen LogP contribution in [0, 0.1) is 6.42 Å². The van der Waals surface area contributed by atoms with E-state index in [2.05, 4.69) is 0 Å². The van der Waals surface area contributed by atoms with Crippen LogP contribution in [0.1, 0.15) is 18.1 Å². The van der Waals surface area contributed by atoms with Crippen LogP contribution in [0.4, 0.5) is 13.2 Å². The van der Waals surface area contributed by atoms with Gasteiger partial charge < -0.3 is 0 Å². The SMILES string of the molecule is C[CH]c1ccccc1C(F)(F)F. The lowest BCUT2D eigenvalue weighted by Gasteiger charge is -2.10. The second kappa shape index (κ2) is 3.17. The van der Waals surface area contributed by atoms with Gasteiger partial charge in [0.15, 0.2) is 0 Å². The minimum absolute atomic E-state index is 0.227. The Morgan fingerprint density at radius 3 is 2.17 bits per heavy atom. The quantitative estimate of drug-likeness (QED) is 0.611. The Morgan fingerprint density at radius 1 is 1.17 bits per heavy atom. The van der Waals surface area contributed by atoms with Crippen LogP contribution >= 0.6 is 0 Å². The predicted octanol–water partition coefficient (Wildman–Crippen LogP) is 3.28. The average molecular weight is 173 g/mol. The summed E-state index contributed by atoms with van der Waals surface area (Å²) in [5, 5.41) is 0. The summed E-state index contributed by atoms with van der Waals surface area (Å²) in [6.45, 7) is 1.59. The topological polar surface area (TPSA) is 0 Å². The molecule has 0 saturated carbocycles. The van der Waals surface area contributed by atoms with Crippen LogP contribution in [0.25, 0.3) is 0 Å². The molecule has 0 nitrogen and oxygen atoms in total. The summed E-state index contributed by atoms with van der Waals surface area (Å²) < 4.78 is 36.6. The maximum Gasteiger partial charge on any atom is 0.416 e. The molecule has 1 aromatic carbocycles. The van der Waals surface area contributed by atoms with Crippen LogP contribution in [0.2, 0.25) is 0 Å². The van der Waals surface area contributed by atoms with E-state index < -0.39 is 11.7 Å². The van der Waals surface area contributed by atoms with E-state index >= 15 is 0 Å². The van der Waals surface area contributed by atoms with Crippen LogP contribution in [0.3, 0.4) is 0 Å². The molecule has 0 amide bonds. The van der Waals surface area contributed by atoms with Crippen molar-refractivity contribution in [1.82, 2.24) is 0 Å². The van der Waals surface area contributed by atoms with Crippen LogP contribution in [-0.4, -0.2) is 0 Å². The largest absolute Gasteiger partial charge is 0.416 e. The molecule has 0 aliphatic heterocycles. The Bertz CT molecular complexity index is 263. The molecule has 0 heterocycles. The van der Waals surface area contributed by atoms with Crippen molar-refractivity contribution in [3.8, 4) is 0 Å². The van der Waals surface area contributed by atoms with Gasteiger partial charge in [-0.15, -0.1) is 0 Å². The monoisotopic (exact) mass is 173 g/mol. The highest BCUT2D eigenvalue weighted by atomic mass is 19.4. The van der Waals surface area contributed by atoms with Crippen LogP contribution in [0.5, 0.6) is 0 Å². The lowest BCUT2D eigenvalue weighted by atomic mass is 10.1. The van der Waals surface area contributed by atoms with E-state index in [1.54, 1.807) is 13.0 Å². The fourth-order valence-corrected chi connectivity index (χ4v) is 1.01. The first kappa shape index (κ1) is 9.10. The molecular formula is C9H8F3. The van der Waals surface area contributed by atoms with Crippen molar-refractivity contribution in [3.05, 3.63) is 41.8 Å². The van der Waals surface area contributed by atoms with Gasteiger partial charge in [-0.2, -0.15) is 13.2 Å². The van der Waals surface area contributed by atoms with E-state index in [-0.39, 0.29) is 5.56 Å². The van der Waals surface area contributed by atoms with Gasteiger partial charge >= 0.3 is 6.18 Å². The third kappa shape index (κ3) is 1.78. The summed E-state index contributed by atoms with van der Waals surface area (Å²) in [6, 6.07) is 5.50. The maximum atomic E-state index is 12.2. The molecule has 0 saturated heterocycles. The zero-order valence-electron chi connectivity index (χ0n) is 6.52. The predicted molar refractivity (Wildman–Crippen MR) is 40.5 cm³/mol. The number of hydrogen-bond acceptors (Lipinski definition) is 0. The number of benzene rings is 1.